The number of hydrogen-bond acceptors (Lipinski definition) is 8. The van der Waals surface area contributed by atoms with Gasteiger partial charge in [-0.2, -0.15) is 0 Å². The maximum Gasteiger partial charge on any atom is 0.311 e. The van der Waals surface area contributed by atoms with Gasteiger partial charge in [-0.05, 0) is 70.2 Å². The van der Waals surface area contributed by atoms with Crippen molar-refractivity contribution in [2.45, 2.75) is 70.9 Å². The molecule has 8 nitrogen and oxygen atoms in total. The highest BCUT2D eigenvalue weighted by molar-refractivity contribution is 5.86. The third-order valence-corrected chi connectivity index (χ3v) is 8.20. The molecule has 3 fully saturated rings. The van der Waals surface area contributed by atoms with Gasteiger partial charge in [0.2, 0.25) is 0 Å². The molecule has 3 aliphatic heterocycles. The molecule has 6 rings (SSSR count). The number of fused-ring (bicyclic) bond motifs is 1. The third-order valence-electron chi connectivity index (χ3n) is 8.20. The SMILES string of the molecule is CCOC(=O)C1(C)CCN(C2=NOC3(C2)CN(Cc2cc(OCC)c4oc(C5CC5)cc4c2)C3)CC1. The molecule has 1 aromatic heterocycles. The first-order chi connectivity index (χ1) is 17.4. The van der Waals surface area contributed by atoms with Gasteiger partial charge in [0.15, 0.2) is 16.9 Å². The van der Waals surface area contributed by atoms with Gasteiger partial charge in [-0.1, -0.05) is 5.16 Å². The molecule has 0 amide bonds. The van der Waals surface area contributed by atoms with Crippen molar-refractivity contribution < 1.29 is 23.5 Å². The van der Waals surface area contributed by atoms with Crippen LogP contribution in [0.3, 0.4) is 0 Å². The average Bonchev–Trinajstić information content (AvgIpc) is 3.45. The molecule has 0 radical (unpaired) electrons. The van der Waals surface area contributed by atoms with Crippen molar-refractivity contribution in [3.63, 3.8) is 0 Å². The van der Waals surface area contributed by atoms with E-state index in [0.29, 0.717) is 19.1 Å². The van der Waals surface area contributed by atoms with Crippen LogP contribution in [0.5, 0.6) is 5.75 Å². The largest absolute Gasteiger partial charge is 0.490 e. The number of carbonyl (C=O) groups is 1. The summed E-state index contributed by atoms with van der Waals surface area (Å²) in [6.45, 7) is 11.1. The van der Waals surface area contributed by atoms with E-state index in [1.807, 2.05) is 20.8 Å². The van der Waals surface area contributed by atoms with E-state index in [-0.39, 0.29) is 11.6 Å². The second-order valence-electron chi connectivity index (χ2n) is 11.2. The molecule has 194 valence electrons. The van der Waals surface area contributed by atoms with E-state index >= 15 is 0 Å². The van der Waals surface area contributed by atoms with Gasteiger partial charge in [0.25, 0.3) is 0 Å². The Morgan fingerprint density at radius 1 is 1.14 bits per heavy atom. The zero-order chi connectivity index (χ0) is 24.9. The van der Waals surface area contributed by atoms with Gasteiger partial charge >= 0.3 is 5.97 Å². The number of amidine groups is 1. The smallest absolute Gasteiger partial charge is 0.311 e. The van der Waals surface area contributed by atoms with Gasteiger partial charge in [-0.15, -0.1) is 0 Å². The summed E-state index contributed by atoms with van der Waals surface area (Å²) in [5.41, 5.74) is 1.49. The number of likely N-dealkylation sites (tertiary alicyclic amines) is 2. The molecule has 0 N–H and O–H groups in total. The second-order valence-corrected chi connectivity index (χ2v) is 11.2. The topological polar surface area (TPSA) is 76.7 Å². The van der Waals surface area contributed by atoms with Crippen LogP contribution < -0.4 is 4.74 Å². The maximum absolute atomic E-state index is 12.3. The molecular formula is C28H37N3O5. The summed E-state index contributed by atoms with van der Waals surface area (Å²) in [5, 5.41) is 5.61. The van der Waals surface area contributed by atoms with Gasteiger partial charge < -0.3 is 23.6 Å². The Labute approximate surface area is 212 Å². The van der Waals surface area contributed by atoms with Crippen LogP contribution in [0.25, 0.3) is 11.0 Å². The predicted molar refractivity (Wildman–Crippen MR) is 136 cm³/mol. The van der Waals surface area contributed by atoms with Crippen molar-refractivity contribution in [3.05, 3.63) is 29.5 Å². The number of carbonyl (C=O) groups excluding carboxylic acids is 1. The van der Waals surface area contributed by atoms with Crippen molar-refractivity contribution >= 4 is 22.8 Å². The van der Waals surface area contributed by atoms with E-state index in [1.54, 1.807) is 0 Å². The number of benzene rings is 1. The van der Waals surface area contributed by atoms with Crippen LogP contribution in [0.1, 0.15) is 70.1 Å². The zero-order valence-corrected chi connectivity index (χ0v) is 21.7. The minimum atomic E-state index is -0.395. The molecule has 4 heterocycles. The van der Waals surface area contributed by atoms with Crippen LogP contribution in [0.4, 0.5) is 0 Å². The molecular weight excluding hydrogens is 458 g/mol. The number of ether oxygens (including phenoxy) is 2. The van der Waals surface area contributed by atoms with Crippen LogP contribution in [-0.2, 0) is 20.9 Å². The minimum Gasteiger partial charge on any atom is -0.490 e. The number of hydrogen-bond donors (Lipinski definition) is 0. The van der Waals surface area contributed by atoms with Crippen molar-refractivity contribution in [1.29, 1.82) is 0 Å². The Kier molecular flexibility index (Phi) is 5.90. The van der Waals surface area contributed by atoms with Crippen molar-refractivity contribution in [1.82, 2.24) is 9.80 Å². The first-order valence-corrected chi connectivity index (χ1v) is 13.5. The Morgan fingerprint density at radius 2 is 1.92 bits per heavy atom. The lowest BCUT2D eigenvalue weighted by Crippen LogP contribution is -2.61. The number of piperidine rings is 1. The van der Waals surface area contributed by atoms with E-state index in [2.05, 4.69) is 33.2 Å². The Morgan fingerprint density at radius 3 is 2.61 bits per heavy atom. The highest BCUT2D eigenvalue weighted by Gasteiger charge is 2.51. The monoisotopic (exact) mass is 495 g/mol. The molecule has 2 aromatic rings. The van der Waals surface area contributed by atoms with Crippen molar-refractivity contribution in [2.24, 2.45) is 10.6 Å². The lowest BCUT2D eigenvalue weighted by Gasteiger charge is -2.45. The fourth-order valence-corrected chi connectivity index (χ4v) is 5.87. The van der Waals surface area contributed by atoms with E-state index < -0.39 is 5.41 Å². The quantitative estimate of drug-likeness (QED) is 0.517. The van der Waals surface area contributed by atoms with E-state index in [9.17, 15) is 4.79 Å². The predicted octanol–water partition coefficient (Wildman–Crippen LogP) is 4.66. The summed E-state index contributed by atoms with van der Waals surface area (Å²) in [6, 6.07) is 6.56. The molecule has 0 unspecified atom stereocenters. The number of furan rings is 1. The summed E-state index contributed by atoms with van der Waals surface area (Å²) >= 11 is 0. The molecule has 1 aromatic carbocycles. The lowest BCUT2D eigenvalue weighted by molar-refractivity contribution is -0.156. The number of rotatable bonds is 7. The van der Waals surface area contributed by atoms with Gasteiger partial charge in [0, 0.05) is 44.0 Å². The van der Waals surface area contributed by atoms with Crippen molar-refractivity contribution in [3.8, 4) is 5.75 Å². The molecule has 36 heavy (non-hydrogen) atoms. The number of nitrogens with zero attached hydrogens (tertiary/aromatic N) is 3. The second kappa shape index (κ2) is 8.98. The molecule has 2 saturated heterocycles. The van der Waals surface area contributed by atoms with E-state index in [1.165, 1.54) is 18.4 Å². The molecule has 1 saturated carbocycles. The normalized spacial score (nSPS) is 22.9. The Balaban J connectivity index is 1.05. The molecule has 1 spiro atoms. The van der Waals surface area contributed by atoms with Gasteiger partial charge in [-0.25, -0.2) is 0 Å². The van der Waals surface area contributed by atoms with Gasteiger partial charge in [0.1, 0.15) is 11.6 Å². The molecule has 0 atom stereocenters. The first kappa shape index (κ1) is 23.6. The van der Waals surface area contributed by atoms with Crippen LogP contribution in [0, 0.1) is 5.41 Å². The summed E-state index contributed by atoms with van der Waals surface area (Å²) in [7, 11) is 0. The standard InChI is InChI=1S/C28H37N3O5/c1-4-33-23-13-19(12-21-14-22(20-6-7-20)35-25(21)23)16-30-17-28(18-30)15-24(29-36-28)31-10-8-27(3,9-11-31)26(32)34-5-2/h12-14,20H,4-11,15-18H2,1-3H3. The summed E-state index contributed by atoms with van der Waals surface area (Å²) in [5.74, 6) is 3.46. The summed E-state index contributed by atoms with van der Waals surface area (Å²) < 4.78 is 17.4. The van der Waals surface area contributed by atoms with Crippen molar-refractivity contribution in [2.75, 3.05) is 39.4 Å². The summed E-state index contributed by atoms with van der Waals surface area (Å²) in [4.78, 5) is 23.0. The average molecular weight is 496 g/mol. The molecule has 1 aliphatic carbocycles. The molecule has 4 aliphatic rings. The zero-order valence-electron chi connectivity index (χ0n) is 21.7. The minimum absolute atomic E-state index is 0.0785. The summed E-state index contributed by atoms with van der Waals surface area (Å²) in [6.07, 6.45) is 4.84. The fourth-order valence-electron chi connectivity index (χ4n) is 5.87. The number of oxime groups is 1. The Bertz CT molecular complexity index is 1170. The van der Waals surface area contributed by atoms with Gasteiger partial charge in [-0.3, -0.25) is 9.69 Å². The van der Waals surface area contributed by atoms with Gasteiger partial charge in [0.05, 0.1) is 25.0 Å². The van der Waals surface area contributed by atoms with Crippen LogP contribution in [0.15, 0.2) is 27.8 Å². The maximum atomic E-state index is 12.3. The molecule has 8 heteroatoms. The van der Waals surface area contributed by atoms with E-state index in [4.69, 9.17) is 18.7 Å². The highest BCUT2D eigenvalue weighted by Crippen LogP contribution is 2.44. The number of esters is 1. The van der Waals surface area contributed by atoms with Crippen LogP contribution >= 0.6 is 0 Å². The van der Waals surface area contributed by atoms with E-state index in [0.717, 1.165) is 80.3 Å². The van der Waals surface area contributed by atoms with Crippen LogP contribution in [0.2, 0.25) is 0 Å². The Hall–Kier alpha value is -2.74. The molecule has 0 bridgehead atoms. The fraction of sp³-hybridized carbons (Fsp3) is 0.643. The third kappa shape index (κ3) is 4.33. The lowest BCUT2D eigenvalue weighted by atomic mass is 9.80. The van der Waals surface area contributed by atoms with Crippen LogP contribution in [-0.4, -0.2) is 66.6 Å². The highest BCUT2D eigenvalue weighted by atomic mass is 16.7. The first-order valence-electron chi connectivity index (χ1n) is 13.5.